The number of alkyl halides is 3. The molecule has 23 heavy (non-hydrogen) atoms. The molecular formula is C16H22F3N3O. The van der Waals surface area contributed by atoms with Crippen molar-refractivity contribution in [2.45, 2.75) is 38.8 Å². The highest BCUT2D eigenvalue weighted by atomic mass is 19.4. The van der Waals surface area contributed by atoms with Gasteiger partial charge in [-0.2, -0.15) is 13.2 Å². The zero-order valence-corrected chi connectivity index (χ0v) is 13.2. The fourth-order valence-corrected chi connectivity index (χ4v) is 2.67. The number of aromatic nitrogens is 1. The first-order chi connectivity index (χ1) is 10.9. The molecule has 1 unspecified atom stereocenters. The molecule has 2 rings (SSSR count). The second-order valence-electron chi connectivity index (χ2n) is 5.83. The van der Waals surface area contributed by atoms with Crippen LogP contribution in [-0.2, 0) is 11.0 Å². The summed E-state index contributed by atoms with van der Waals surface area (Å²) in [6.45, 7) is 3.93. The van der Waals surface area contributed by atoms with Gasteiger partial charge in [-0.1, -0.05) is 13.3 Å². The number of nitrogens with zero attached hydrogens (tertiary/aromatic N) is 2. The molecule has 7 heteroatoms. The summed E-state index contributed by atoms with van der Waals surface area (Å²) >= 11 is 0. The fourth-order valence-electron chi connectivity index (χ4n) is 2.67. The maximum absolute atomic E-state index is 12.6. The predicted octanol–water partition coefficient (Wildman–Crippen LogP) is 3.23. The number of anilines is 1. The number of amides is 1. The number of carbonyl (C=O) groups is 1. The van der Waals surface area contributed by atoms with E-state index in [9.17, 15) is 18.0 Å². The van der Waals surface area contributed by atoms with E-state index in [2.05, 4.69) is 17.2 Å². The van der Waals surface area contributed by atoms with Gasteiger partial charge in [-0.05, 0) is 31.4 Å². The molecule has 128 valence electrons. The van der Waals surface area contributed by atoms with Gasteiger partial charge >= 0.3 is 6.18 Å². The van der Waals surface area contributed by atoms with Crippen molar-refractivity contribution >= 4 is 11.7 Å². The van der Waals surface area contributed by atoms with Crippen LogP contribution in [0.3, 0.4) is 0 Å². The molecule has 4 nitrogen and oxygen atoms in total. The van der Waals surface area contributed by atoms with Crippen LogP contribution in [-0.4, -0.2) is 30.5 Å². The molecule has 0 saturated carbocycles. The van der Waals surface area contributed by atoms with Gasteiger partial charge in [0.2, 0.25) is 5.91 Å². The number of unbranched alkanes of at least 4 members (excludes halogenated alkanes) is 1. The first kappa shape index (κ1) is 17.6. The van der Waals surface area contributed by atoms with E-state index in [1.54, 1.807) is 0 Å². The number of halogens is 3. The van der Waals surface area contributed by atoms with E-state index in [1.165, 1.54) is 6.07 Å². The van der Waals surface area contributed by atoms with Crippen LogP contribution < -0.4 is 10.2 Å². The van der Waals surface area contributed by atoms with E-state index < -0.39 is 11.7 Å². The number of nitrogens with one attached hydrogen (secondary N) is 1. The highest BCUT2D eigenvalue weighted by molar-refractivity contribution is 5.79. The molecular weight excluding hydrogens is 307 g/mol. The Morgan fingerprint density at radius 3 is 2.83 bits per heavy atom. The zero-order chi connectivity index (χ0) is 16.9. The van der Waals surface area contributed by atoms with E-state index in [1.807, 2.05) is 4.90 Å². The van der Waals surface area contributed by atoms with Gasteiger partial charge < -0.3 is 10.2 Å². The van der Waals surface area contributed by atoms with Crippen molar-refractivity contribution in [3.05, 3.63) is 23.9 Å². The maximum Gasteiger partial charge on any atom is 0.417 e. The average molecular weight is 329 g/mol. The third-order valence-corrected chi connectivity index (χ3v) is 4.02. The summed E-state index contributed by atoms with van der Waals surface area (Å²) in [4.78, 5) is 17.9. The molecule has 1 amide bonds. The van der Waals surface area contributed by atoms with Gasteiger partial charge in [-0.25, -0.2) is 4.98 Å². The Bertz CT molecular complexity index is 516. The Hall–Kier alpha value is -1.79. The molecule has 1 atom stereocenters. The summed E-state index contributed by atoms with van der Waals surface area (Å²) in [5.41, 5.74) is -0.757. The molecule has 1 aromatic rings. The van der Waals surface area contributed by atoms with Crippen LogP contribution in [0.1, 0.15) is 38.2 Å². The minimum Gasteiger partial charge on any atom is -0.356 e. The van der Waals surface area contributed by atoms with Crippen molar-refractivity contribution in [3.63, 3.8) is 0 Å². The van der Waals surface area contributed by atoms with Gasteiger partial charge in [0, 0.05) is 25.8 Å². The lowest BCUT2D eigenvalue weighted by atomic mass is 9.97. The Kier molecular flexibility index (Phi) is 5.85. The summed E-state index contributed by atoms with van der Waals surface area (Å²) in [5.74, 6) is 0.379. The van der Waals surface area contributed by atoms with Gasteiger partial charge in [0.05, 0.1) is 11.5 Å². The Labute approximate surface area is 134 Å². The summed E-state index contributed by atoms with van der Waals surface area (Å²) in [6, 6.07) is 2.41. The molecule has 0 spiro atoms. The number of hydrogen-bond acceptors (Lipinski definition) is 3. The minimum atomic E-state index is -4.38. The second kappa shape index (κ2) is 7.66. The largest absolute Gasteiger partial charge is 0.417 e. The molecule has 0 aromatic carbocycles. The fraction of sp³-hybridized carbons (Fsp3) is 0.625. The molecule has 1 aromatic heterocycles. The van der Waals surface area contributed by atoms with Crippen molar-refractivity contribution in [1.29, 1.82) is 0 Å². The molecule has 1 fully saturated rings. The van der Waals surface area contributed by atoms with Crippen molar-refractivity contribution < 1.29 is 18.0 Å². The number of carbonyl (C=O) groups excluding carboxylic acids is 1. The van der Waals surface area contributed by atoms with Crippen molar-refractivity contribution in [3.8, 4) is 0 Å². The summed E-state index contributed by atoms with van der Waals surface area (Å²) < 4.78 is 37.7. The smallest absolute Gasteiger partial charge is 0.356 e. The van der Waals surface area contributed by atoms with Gasteiger partial charge in [0.1, 0.15) is 5.82 Å². The zero-order valence-electron chi connectivity index (χ0n) is 13.2. The van der Waals surface area contributed by atoms with E-state index >= 15 is 0 Å². The number of piperidine rings is 1. The monoisotopic (exact) mass is 329 g/mol. The number of rotatable bonds is 5. The van der Waals surface area contributed by atoms with Crippen LogP contribution in [0.5, 0.6) is 0 Å². The van der Waals surface area contributed by atoms with E-state index in [-0.39, 0.29) is 11.8 Å². The van der Waals surface area contributed by atoms with Crippen molar-refractivity contribution in [2.75, 3.05) is 24.5 Å². The van der Waals surface area contributed by atoms with Crippen LogP contribution in [0.25, 0.3) is 0 Å². The Morgan fingerprint density at radius 1 is 1.43 bits per heavy atom. The molecule has 0 radical (unpaired) electrons. The minimum absolute atomic E-state index is 0.0232. The molecule has 2 heterocycles. The summed E-state index contributed by atoms with van der Waals surface area (Å²) in [6.07, 6.45) is 0.0637. The normalized spacial score (nSPS) is 18.8. The standard InChI is InChI=1S/C16H22F3N3O/c1-2-3-8-20-15(23)12-5-4-9-22(11-12)14-7-6-13(10-21-14)16(17,18)19/h6-7,10,12H,2-5,8-9,11H2,1H3,(H,20,23). The highest BCUT2D eigenvalue weighted by Crippen LogP contribution is 2.30. The Morgan fingerprint density at radius 2 is 2.22 bits per heavy atom. The molecule has 1 saturated heterocycles. The predicted molar refractivity (Wildman–Crippen MR) is 82.1 cm³/mol. The average Bonchev–Trinajstić information content (AvgIpc) is 2.54. The maximum atomic E-state index is 12.6. The van der Waals surface area contributed by atoms with E-state index in [0.29, 0.717) is 25.5 Å². The topological polar surface area (TPSA) is 45.2 Å². The van der Waals surface area contributed by atoms with E-state index in [0.717, 1.165) is 37.9 Å². The molecule has 1 aliphatic rings. The van der Waals surface area contributed by atoms with E-state index in [4.69, 9.17) is 0 Å². The van der Waals surface area contributed by atoms with Gasteiger partial charge in [-0.3, -0.25) is 4.79 Å². The number of hydrogen-bond donors (Lipinski definition) is 1. The van der Waals surface area contributed by atoms with Gasteiger partial charge in [0.25, 0.3) is 0 Å². The Balaban J connectivity index is 1.96. The van der Waals surface area contributed by atoms with Crippen LogP contribution >= 0.6 is 0 Å². The summed E-state index contributed by atoms with van der Waals surface area (Å²) in [5, 5.41) is 2.92. The second-order valence-corrected chi connectivity index (χ2v) is 5.83. The lowest BCUT2D eigenvalue weighted by Crippen LogP contribution is -2.43. The molecule has 1 aliphatic heterocycles. The summed E-state index contributed by atoms with van der Waals surface area (Å²) in [7, 11) is 0. The third-order valence-electron chi connectivity index (χ3n) is 4.02. The van der Waals surface area contributed by atoms with Gasteiger partial charge in [0.15, 0.2) is 0 Å². The first-order valence-corrected chi connectivity index (χ1v) is 7.97. The lowest BCUT2D eigenvalue weighted by molar-refractivity contribution is -0.137. The number of pyridine rings is 1. The van der Waals surface area contributed by atoms with Crippen molar-refractivity contribution in [2.24, 2.45) is 5.92 Å². The molecule has 1 N–H and O–H groups in total. The van der Waals surface area contributed by atoms with Crippen molar-refractivity contribution in [1.82, 2.24) is 10.3 Å². The first-order valence-electron chi connectivity index (χ1n) is 7.97. The molecule has 0 aliphatic carbocycles. The quantitative estimate of drug-likeness (QED) is 0.844. The molecule has 0 bridgehead atoms. The lowest BCUT2D eigenvalue weighted by Gasteiger charge is -2.33. The third kappa shape index (κ3) is 4.84. The van der Waals surface area contributed by atoms with Crippen LogP contribution in [0.2, 0.25) is 0 Å². The highest BCUT2D eigenvalue weighted by Gasteiger charge is 2.31. The van der Waals surface area contributed by atoms with Gasteiger partial charge in [-0.15, -0.1) is 0 Å². The van der Waals surface area contributed by atoms with Crippen LogP contribution in [0.15, 0.2) is 18.3 Å². The SMILES string of the molecule is CCCCNC(=O)C1CCCN(c2ccc(C(F)(F)F)cn2)C1. The van der Waals surface area contributed by atoms with Crippen LogP contribution in [0.4, 0.5) is 19.0 Å². The van der Waals surface area contributed by atoms with Crippen LogP contribution in [0, 0.1) is 5.92 Å².